The number of pyridine rings is 1. The summed E-state index contributed by atoms with van der Waals surface area (Å²) < 4.78 is 7.87. The number of rotatable bonds is 4. The van der Waals surface area contributed by atoms with Crippen LogP contribution in [-0.2, 0) is 16.1 Å². The number of carbonyl (C=O) groups is 1. The van der Waals surface area contributed by atoms with Gasteiger partial charge in [0.2, 0.25) is 5.91 Å². The minimum atomic E-state index is -0.299. The van der Waals surface area contributed by atoms with Gasteiger partial charge in [-0.2, -0.15) is 0 Å². The topological polar surface area (TPSA) is 69.0 Å². The molecule has 2 atom stereocenters. The lowest BCUT2D eigenvalue weighted by Crippen LogP contribution is -2.27. The van der Waals surface area contributed by atoms with Crippen LogP contribution in [0.15, 0.2) is 49.1 Å². The first kappa shape index (κ1) is 15.8. The van der Waals surface area contributed by atoms with Crippen LogP contribution in [0.2, 0.25) is 0 Å². The quantitative estimate of drug-likeness (QED) is 0.794. The van der Waals surface area contributed by atoms with Crippen molar-refractivity contribution in [3.8, 4) is 0 Å². The molecule has 128 valence electrons. The molecule has 1 fully saturated rings. The second-order valence-corrected chi connectivity index (χ2v) is 6.15. The molecule has 1 aliphatic rings. The van der Waals surface area contributed by atoms with Crippen LogP contribution < -0.4 is 5.32 Å². The number of ether oxygens (including phenoxy) is 1. The summed E-state index contributed by atoms with van der Waals surface area (Å²) in [5.41, 5.74) is 0.800. The summed E-state index contributed by atoms with van der Waals surface area (Å²) in [6, 6.07) is 7.74. The molecule has 3 heterocycles. The van der Waals surface area contributed by atoms with Crippen LogP contribution in [0.5, 0.6) is 0 Å². The van der Waals surface area contributed by atoms with Crippen molar-refractivity contribution in [1.82, 2.24) is 14.5 Å². The summed E-state index contributed by atoms with van der Waals surface area (Å²) in [5.74, 6) is 0.546. The Kier molecular flexibility index (Phi) is 4.19. The van der Waals surface area contributed by atoms with Gasteiger partial charge in [0.15, 0.2) is 0 Å². The van der Waals surface area contributed by atoms with Crippen LogP contribution in [0.3, 0.4) is 0 Å². The van der Waals surface area contributed by atoms with E-state index in [1.54, 1.807) is 18.6 Å². The molecule has 0 spiro atoms. The average molecular weight is 336 g/mol. The number of hydrogen-bond donors (Lipinski definition) is 1. The Bertz CT molecular complexity index is 900. The molecule has 1 N–H and O–H groups in total. The van der Waals surface area contributed by atoms with Gasteiger partial charge in [-0.15, -0.1) is 0 Å². The zero-order valence-electron chi connectivity index (χ0n) is 14.1. The molecule has 2 aromatic heterocycles. The van der Waals surface area contributed by atoms with Crippen molar-refractivity contribution in [3.05, 3.63) is 54.9 Å². The van der Waals surface area contributed by atoms with Crippen LogP contribution in [0.25, 0.3) is 10.8 Å². The Morgan fingerprint density at radius 1 is 1.36 bits per heavy atom. The predicted molar refractivity (Wildman–Crippen MR) is 95.1 cm³/mol. The Labute approximate surface area is 145 Å². The number of carbonyl (C=O) groups excluding carboxylic acids is 1. The van der Waals surface area contributed by atoms with Gasteiger partial charge in [0.25, 0.3) is 0 Å². The van der Waals surface area contributed by atoms with Gasteiger partial charge in [-0.25, -0.2) is 4.98 Å². The number of amides is 1. The van der Waals surface area contributed by atoms with Crippen molar-refractivity contribution in [2.75, 3.05) is 11.9 Å². The van der Waals surface area contributed by atoms with Gasteiger partial charge in [-0.05, 0) is 25.5 Å². The summed E-state index contributed by atoms with van der Waals surface area (Å²) in [4.78, 5) is 21.5. The van der Waals surface area contributed by atoms with Gasteiger partial charge in [-0.3, -0.25) is 9.78 Å². The zero-order chi connectivity index (χ0) is 17.2. The SMILES string of the molecule is CCn1ccnc1[C@@H]1OCC[C@H]1C(=O)Nc1cccc2cnccc12. The van der Waals surface area contributed by atoms with Gasteiger partial charge in [0.1, 0.15) is 11.9 Å². The number of aromatic nitrogens is 3. The molecule has 1 aromatic carbocycles. The summed E-state index contributed by atoms with van der Waals surface area (Å²) in [7, 11) is 0. The van der Waals surface area contributed by atoms with Gasteiger partial charge in [-0.1, -0.05) is 12.1 Å². The summed E-state index contributed by atoms with van der Waals surface area (Å²) >= 11 is 0. The van der Waals surface area contributed by atoms with Gasteiger partial charge in [0.05, 0.1) is 5.92 Å². The monoisotopic (exact) mass is 336 g/mol. The van der Waals surface area contributed by atoms with Crippen molar-refractivity contribution in [1.29, 1.82) is 0 Å². The molecule has 6 heteroatoms. The molecule has 0 unspecified atom stereocenters. The molecular formula is C19H20N4O2. The number of nitrogens with one attached hydrogen (secondary N) is 1. The van der Waals surface area contributed by atoms with E-state index in [0.717, 1.165) is 28.8 Å². The van der Waals surface area contributed by atoms with E-state index in [1.807, 2.05) is 35.0 Å². The Balaban J connectivity index is 1.60. The van der Waals surface area contributed by atoms with E-state index in [2.05, 4.69) is 22.2 Å². The summed E-state index contributed by atoms with van der Waals surface area (Å²) in [5, 5.41) is 5.06. The third-order valence-electron chi connectivity index (χ3n) is 4.71. The van der Waals surface area contributed by atoms with Crippen LogP contribution in [-0.4, -0.2) is 27.0 Å². The van der Waals surface area contributed by atoms with Crippen molar-refractivity contribution in [3.63, 3.8) is 0 Å². The highest BCUT2D eigenvalue weighted by atomic mass is 16.5. The number of fused-ring (bicyclic) bond motifs is 1. The van der Waals surface area contributed by atoms with Gasteiger partial charge >= 0.3 is 0 Å². The minimum absolute atomic E-state index is 0.0301. The summed E-state index contributed by atoms with van der Waals surface area (Å²) in [6.07, 6.45) is 7.60. The number of hydrogen-bond acceptors (Lipinski definition) is 4. The first-order valence-electron chi connectivity index (χ1n) is 8.54. The van der Waals surface area contributed by atoms with Crippen molar-refractivity contribution in [2.45, 2.75) is 26.0 Å². The average Bonchev–Trinajstić information content (AvgIpc) is 3.30. The molecule has 0 radical (unpaired) electrons. The number of anilines is 1. The number of nitrogens with zero attached hydrogens (tertiary/aromatic N) is 3. The number of aryl methyl sites for hydroxylation is 1. The van der Waals surface area contributed by atoms with Crippen molar-refractivity contribution in [2.24, 2.45) is 5.92 Å². The fourth-order valence-electron chi connectivity index (χ4n) is 3.41. The molecular weight excluding hydrogens is 316 g/mol. The minimum Gasteiger partial charge on any atom is -0.369 e. The van der Waals surface area contributed by atoms with Crippen LogP contribution in [0, 0.1) is 5.92 Å². The Hall–Kier alpha value is -2.73. The Morgan fingerprint density at radius 2 is 2.28 bits per heavy atom. The highest BCUT2D eigenvalue weighted by molar-refractivity contribution is 6.02. The third-order valence-corrected chi connectivity index (χ3v) is 4.71. The second kappa shape index (κ2) is 6.64. The molecule has 1 amide bonds. The van der Waals surface area contributed by atoms with Crippen molar-refractivity contribution >= 4 is 22.4 Å². The van der Waals surface area contributed by atoms with E-state index in [-0.39, 0.29) is 17.9 Å². The molecule has 0 saturated carbocycles. The number of benzene rings is 1. The smallest absolute Gasteiger partial charge is 0.230 e. The van der Waals surface area contributed by atoms with E-state index in [1.165, 1.54) is 0 Å². The maximum absolute atomic E-state index is 12.9. The zero-order valence-corrected chi connectivity index (χ0v) is 14.1. The predicted octanol–water partition coefficient (Wildman–Crippen LogP) is 3.17. The standard InChI is InChI=1S/C19H20N4O2/c1-2-23-10-9-21-18(23)17-15(7-11-25-17)19(24)22-16-5-3-4-13-12-20-8-6-14(13)16/h3-6,8-10,12,15,17H,2,7,11H2,1H3,(H,22,24)/t15-,17-/m1/s1. The van der Waals surface area contributed by atoms with Crippen LogP contribution in [0.1, 0.15) is 25.3 Å². The maximum atomic E-state index is 12.9. The van der Waals surface area contributed by atoms with E-state index in [4.69, 9.17) is 4.74 Å². The van der Waals surface area contributed by atoms with E-state index >= 15 is 0 Å². The first-order chi connectivity index (χ1) is 12.3. The largest absolute Gasteiger partial charge is 0.369 e. The molecule has 3 aromatic rings. The normalized spacial score (nSPS) is 20.0. The molecule has 1 saturated heterocycles. The lowest BCUT2D eigenvalue weighted by molar-refractivity contribution is -0.121. The molecule has 4 rings (SSSR count). The van der Waals surface area contributed by atoms with E-state index in [9.17, 15) is 4.79 Å². The summed E-state index contributed by atoms with van der Waals surface area (Å²) in [6.45, 7) is 3.43. The molecule has 25 heavy (non-hydrogen) atoms. The van der Waals surface area contributed by atoms with Crippen LogP contribution >= 0.6 is 0 Å². The lowest BCUT2D eigenvalue weighted by Gasteiger charge is -2.19. The second-order valence-electron chi connectivity index (χ2n) is 6.15. The molecule has 0 aliphatic carbocycles. The molecule has 0 bridgehead atoms. The Morgan fingerprint density at radius 3 is 3.16 bits per heavy atom. The maximum Gasteiger partial charge on any atom is 0.230 e. The first-order valence-corrected chi connectivity index (χ1v) is 8.54. The fourth-order valence-corrected chi connectivity index (χ4v) is 3.41. The van der Waals surface area contributed by atoms with Crippen molar-refractivity contribution < 1.29 is 9.53 Å². The third kappa shape index (κ3) is 2.89. The number of imidazole rings is 1. The van der Waals surface area contributed by atoms with Crippen LogP contribution in [0.4, 0.5) is 5.69 Å². The molecule has 1 aliphatic heterocycles. The van der Waals surface area contributed by atoms with E-state index < -0.39 is 0 Å². The van der Waals surface area contributed by atoms with E-state index in [0.29, 0.717) is 13.0 Å². The fraction of sp³-hybridized carbons (Fsp3) is 0.316. The highest BCUT2D eigenvalue weighted by Gasteiger charge is 2.37. The van der Waals surface area contributed by atoms with Gasteiger partial charge in [0, 0.05) is 54.4 Å². The lowest BCUT2D eigenvalue weighted by atomic mass is 9.99. The molecule has 6 nitrogen and oxygen atoms in total. The highest BCUT2D eigenvalue weighted by Crippen LogP contribution is 2.35. The van der Waals surface area contributed by atoms with Gasteiger partial charge < -0.3 is 14.6 Å².